The largest absolute Gasteiger partial charge is 0.456 e. The van der Waals surface area contributed by atoms with Crippen LogP contribution in [-0.4, -0.2) is 19.5 Å². The van der Waals surface area contributed by atoms with Crippen LogP contribution < -0.4 is 0 Å². The highest BCUT2D eigenvalue weighted by Gasteiger charge is 2.21. The monoisotopic (exact) mass is 746 g/mol. The molecule has 5 nitrogen and oxygen atoms in total. The summed E-state index contributed by atoms with van der Waals surface area (Å²) in [6.45, 7) is 0. The van der Waals surface area contributed by atoms with Gasteiger partial charge in [-0.1, -0.05) is 140 Å². The lowest BCUT2D eigenvalue weighted by atomic mass is 10.00. The first kappa shape index (κ1) is 31.9. The highest BCUT2D eigenvalue weighted by molar-refractivity contribution is 7.26. The molecule has 0 aliphatic heterocycles. The Morgan fingerprint density at radius 2 is 0.930 bits per heavy atom. The topological polar surface area (TPSA) is 56.7 Å². The molecule has 0 saturated heterocycles. The van der Waals surface area contributed by atoms with Crippen molar-refractivity contribution in [2.45, 2.75) is 0 Å². The molecule has 0 saturated carbocycles. The number of fused-ring (bicyclic) bond motifs is 9. The van der Waals surface area contributed by atoms with Crippen LogP contribution in [0.5, 0.6) is 0 Å². The molecule has 4 aromatic heterocycles. The second-order valence-corrected chi connectivity index (χ2v) is 15.4. The van der Waals surface area contributed by atoms with Gasteiger partial charge in [0.15, 0.2) is 17.5 Å². The summed E-state index contributed by atoms with van der Waals surface area (Å²) < 4.78 is 11.3. The van der Waals surface area contributed by atoms with E-state index in [9.17, 15) is 0 Å². The van der Waals surface area contributed by atoms with Gasteiger partial charge in [-0.3, -0.25) is 0 Å². The van der Waals surface area contributed by atoms with Gasteiger partial charge in [0.25, 0.3) is 0 Å². The molecule has 0 unspecified atom stereocenters. The van der Waals surface area contributed by atoms with Gasteiger partial charge in [0.05, 0.1) is 22.1 Å². The Balaban J connectivity index is 1.06. The minimum absolute atomic E-state index is 0.652. The molecule has 57 heavy (non-hydrogen) atoms. The van der Waals surface area contributed by atoms with Crippen molar-refractivity contribution >= 4 is 75.3 Å². The number of furan rings is 1. The molecule has 12 aromatic rings. The van der Waals surface area contributed by atoms with E-state index in [0.29, 0.717) is 17.5 Å². The predicted octanol–water partition coefficient (Wildman–Crippen LogP) is 13.9. The van der Waals surface area contributed by atoms with E-state index in [-0.39, 0.29) is 0 Å². The molecular formula is C51H30N4OS. The first-order chi connectivity index (χ1) is 28.3. The number of hydrogen-bond acceptors (Lipinski definition) is 5. The van der Waals surface area contributed by atoms with E-state index in [1.165, 1.54) is 42.8 Å². The summed E-state index contributed by atoms with van der Waals surface area (Å²) in [4.78, 5) is 15.1. The standard InChI is InChI=1S/C51H30N4OS/c1-3-14-31(15-4-1)49-52-50(32-16-5-2-6-17-32)54-51(53-49)39-23-12-22-38-37-21-11-20-34(47(37)57-48(38)39)33-28-29-44-40(30-33)46-43(26-13-27-45(46)56-44)55-41-24-9-7-18-35(41)36-19-8-10-25-42(36)55/h1-30H. The Labute approximate surface area is 330 Å². The molecule has 266 valence electrons. The maximum Gasteiger partial charge on any atom is 0.165 e. The Bertz CT molecular complexity index is 3420. The number of para-hydroxylation sites is 2. The predicted molar refractivity (Wildman–Crippen MR) is 236 cm³/mol. The van der Waals surface area contributed by atoms with Gasteiger partial charge < -0.3 is 8.98 Å². The fraction of sp³-hybridized carbons (Fsp3) is 0. The highest BCUT2D eigenvalue weighted by atomic mass is 32.1. The third-order valence-corrected chi connectivity index (χ3v) is 12.4. The van der Waals surface area contributed by atoms with Crippen molar-refractivity contribution in [3.8, 4) is 51.0 Å². The summed E-state index contributed by atoms with van der Waals surface area (Å²) in [6, 6.07) is 63.7. The molecule has 0 aliphatic rings. The fourth-order valence-electron chi connectivity index (χ4n) is 8.50. The second kappa shape index (κ2) is 12.6. The molecular weight excluding hydrogens is 717 g/mol. The normalized spacial score (nSPS) is 11.9. The van der Waals surface area contributed by atoms with Crippen LogP contribution in [0, 0.1) is 0 Å². The van der Waals surface area contributed by atoms with Crippen molar-refractivity contribution in [1.29, 1.82) is 0 Å². The molecule has 0 atom stereocenters. The third-order valence-electron chi connectivity index (χ3n) is 11.1. The molecule has 12 rings (SSSR count). The first-order valence-electron chi connectivity index (χ1n) is 19.0. The second-order valence-electron chi connectivity index (χ2n) is 14.3. The van der Waals surface area contributed by atoms with Crippen molar-refractivity contribution < 1.29 is 4.42 Å². The van der Waals surface area contributed by atoms with Crippen molar-refractivity contribution in [1.82, 2.24) is 19.5 Å². The average Bonchev–Trinajstić information content (AvgIpc) is 3.96. The lowest BCUT2D eigenvalue weighted by Gasteiger charge is -2.10. The number of thiophene rings is 1. The SMILES string of the molecule is c1ccc(-c2nc(-c3ccccc3)nc(-c3cccc4c3sc3c(-c5ccc6oc7cccc(-n8c9ccccc9c9ccccc98)c7c6c5)cccc34)n2)cc1. The number of benzene rings is 8. The molecule has 0 fully saturated rings. The Morgan fingerprint density at radius 3 is 1.60 bits per heavy atom. The summed E-state index contributed by atoms with van der Waals surface area (Å²) >= 11 is 1.80. The Morgan fingerprint density at radius 1 is 0.386 bits per heavy atom. The van der Waals surface area contributed by atoms with E-state index in [1.807, 2.05) is 60.7 Å². The number of rotatable bonds is 5. The van der Waals surface area contributed by atoms with Gasteiger partial charge in [-0.2, -0.15) is 0 Å². The number of aromatic nitrogens is 4. The van der Waals surface area contributed by atoms with Crippen molar-refractivity contribution in [3.05, 3.63) is 182 Å². The van der Waals surface area contributed by atoms with E-state index < -0.39 is 0 Å². The lowest BCUT2D eigenvalue weighted by Crippen LogP contribution is -2.00. The van der Waals surface area contributed by atoms with Crippen LogP contribution in [0.2, 0.25) is 0 Å². The first-order valence-corrected chi connectivity index (χ1v) is 19.8. The quantitative estimate of drug-likeness (QED) is 0.176. The summed E-state index contributed by atoms with van der Waals surface area (Å²) in [5, 5.41) is 7.05. The number of hydrogen-bond donors (Lipinski definition) is 0. The number of nitrogens with zero attached hydrogens (tertiary/aromatic N) is 4. The molecule has 0 N–H and O–H groups in total. The van der Waals surface area contributed by atoms with E-state index in [0.717, 1.165) is 54.6 Å². The van der Waals surface area contributed by atoms with Crippen LogP contribution in [0.1, 0.15) is 0 Å². The van der Waals surface area contributed by atoms with Crippen molar-refractivity contribution in [2.75, 3.05) is 0 Å². The smallest absolute Gasteiger partial charge is 0.165 e. The molecule has 0 aliphatic carbocycles. The van der Waals surface area contributed by atoms with Gasteiger partial charge in [-0.15, -0.1) is 11.3 Å². The van der Waals surface area contributed by atoms with Gasteiger partial charge in [0.2, 0.25) is 0 Å². The maximum absolute atomic E-state index is 6.56. The van der Waals surface area contributed by atoms with Gasteiger partial charge >= 0.3 is 0 Å². The summed E-state index contributed by atoms with van der Waals surface area (Å²) in [6.07, 6.45) is 0. The zero-order valence-corrected chi connectivity index (χ0v) is 31.2. The highest BCUT2D eigenvalue weighted by Crippen LogP contribution is 2.45. The Kier molecular flexibility index (Phi) is 7.03. The average molecular weight is 747 g/mol. The van der Waals surface area contributed by atoms with Gasteiger partial charge in [-0.05, 0) is 53.6 Å². The van der Waals surface area contributed by atoms with Gasteiger partial charge in [0, 0.05) is 53.0 Å². The molecule has 0 radical (unpaired) electrons. The minimum atomic E-state index is 0.652. The van der Waals surface area contributed by atoms with E-state index in [1.54, 1.807) is 11.3 Å². The van der Waals surface area contributed by atoms with Crippen LogP contribution >= 0.6 is 11.3 Å². The van der Waals surface area contributed by atoms with Gasteiger partial charge in [0.1, 0.15) is 11.2 Å². The van der Waals surface area contributed by atoms with Crippen LogP contribution in [0.3, 0.4) is 0 Å². The van der Waals surface area contributed by atoms with Crippen LogP contribution in [0.25, 0.3) is 115 Å². The summed E-state index contributed by atoms with van der Waals surface area (Å²) in [7, 11) is 0. The molecule has 4 heterocycles. The van der Waals surface area contributed by atoms with E-state index >= 15 is 0 Å². The van der Waals surface area contributed by atoms with E-state index in [2.05, 4.69) is 126 Å². The third kappa shape index (κ3) is 4.98. The molecule has 8 aromatic carbocycles. The summed E-state index contributed by atoms with van der Waals surface area (Å²) in [5.41, 5.74) is 10.4. The maximum atomic E-state index is 6.56. The van der Waals surface area contributed by atoms with Gasteiger partial charge in [-0.25, -0.2) is 15.0 Å². The zero-order valence-electron chi connectivity index (χ0n) is 30.4. The van der Waals surface area contributed by atoms with Crippen molar-refractivity contribution in [3.63, 3.8) is 0 Å². The molecule has 0 spiro atoms. The minimum Gasteiger partial charge on any atom is -0.456 e. The molecule has 0 bridgehead atoms. The van der Waals surface area contributed by atoms with E-state index in [4.69, 9.17) is 19.4 Å². The van der Waals surface area contributed by atoms with Crippen molar-refractivity contribution in [2.24, 2.45) is 0 Å². The zero-order chi connectivity index (χ0) is 37.5. The van der Waals surface area contributed by atoms with Crippen LogP contribution in [-0.2, 0) is 0 Å². The summed E-state index contributed by atoms with van der Waals surface area (Å²) in [5.74, 6) is 1.96. The van der Waals surface area contributed by atoms with Crippen LogP contribution in [0.15, 0.2) is 186 Å². The lowest BCUT2D eigenvalue weighted by molar-refractivity contribution is 0.669. The molecule has 0 amide bonds. The van der Waals surface area contributed by atoms with Crippen LogP contribution in [0.4, 0.5) is 0 Å². The fourth-order valence-corrected chi connectivity index (χ4v) is 9.84. The Hall–Kier alpha value is -7.41. The molecule has 6 heteroatoms.